The van der Waals surface area contributed by atoms with E-state index in [1.54, 1.807) is 0 Å². The van der Waals surface area contributed by atoms with Gasteiger partial charge in [-0.05, 0) is 43.8 Å². The smallest absolute Gasteiger partial charge is 0.222 e. The first-order valence-electron chi connectivity index (χ1n) is 8.71. The lowest BCUT2D eigenvalue weighted by Gasteiger charge is -2.15. The molecule has 0 spiro atoms. The molecule has 140 valence electrons. The maximum Gasteiger partial charge on any atom is 0.222 e. The van der Waals surface area contributed by atoms with Crippen LogP contribution in [0.4, 0.5) is 0 Å². The van der Waals surface area contributed by atoms with Crippen LogP contribution in [-0.4, -0.2) is 20.7 Å². The van der Waals surface area contributed by atoms with Crippen molar-refractivity contribution in [1.29, 1.82) is 0 Å². The predicted octanol–water partition coefficient (Wildman–Crippen LogP) is 4.84. The number of aromatic amines is 1. The number of amides is 1. The van der Waals surface area contributed by atoms with Gasteiger partial charge in [0.2, 0.25) is 5.91 Å². The third kappa shape index (κ3) is 4.84. The second-order valence-corrected chi connectivity index (χ2v) is 7.28. The second kappa shape index (κ2) is 8.50. The van der Waals surface area contributed by atoms with Crippen molar-refractivity contribution in [3.05, 3.63) is 69.5 Å². The highest BCUT2D eigenvalue weighted by Crippen LogP contribution is 2.19. The largest absolute Gasteiger partial charge is 0.350 e. The van der Waals surface area contributed by atoms with Gasteiger partial charge in [-0.1, -0.05) is 53.6 Å². The molecule has 5 nitrogen and oxygen atoms in total. The molecule has 0 aliphatic heterocycles. The van der Waals surface area contributed by atoms with E-state index in [1.165, 1.54) is 5.56 Å². The minimum atomic E-state index is -0.0938. The second-order valence-electron chi connectivity index (χ2n) is 6.46. The summed E-state index contributed by atoms with van der Waals surface area (Å²) >= 11 is 11.2. The molecule has 0 aliphatic carbocycles. The van der Waals surface area contributed by atoms with Gasteiger partial charge in [-0.3, -0.25) is 14.5 Å². The Hall–Kier alpha value is -2.44. The zero-order valence-corrected chi connectivity index (χ0v) is 16.8. The van der Waals surface area contributed by atoms with E-state index in [-0.39, 0.29) is 11.9 Å². The monoisotopic (exact) mass is 400 g/mol. The molecule has 1 atom stereocenters. The fourth-order valence-corrected chi connectivity index (χ4v) is 3.16. The summed E-state index contributed by atoms with van der Waals surface area (Å²) in [4.78, 5) is 12.4. The average Bonchev–Trinajstić information content (AvgIpc) is 3.01. The van der Waals surface area contributed by atoms with Crippen molar-refractivity contribution in [2.24, 2.45) is 0 Å². The first-order chi connectivity index (χ1) is 12.9. The molecule has 0 aliphatic rings. The van der Waals surface area contributed by atoms with Crippen molar-refractivity contribution in [2.75, 3.05) is 0 Å². The van der Waals surface area contributed by atoms with E-state index >= 15 is 0 Å². The van der Waals surface area contributed by atoms with E-state index in [2.05, 4.69) is 15.5 Å². The summed E-state index contributed by atoms with van der Waals surface area (Å²) in [7, 11) is 0. The zero-order valence-electron chi connectivity index (χ0n) is 15.2. The maximum absolute atomic E-state index is 12.4. The highest BCUT2D eigenvalue weighted by atomic mass is 35.5. The molecule has 7 heteroatoms. The number of rotatable bonds is 6. The molecule has 1 heterocycles. The van der Waals surface area contributed by atoms with Crippen molar-refractivity contribution in [3.63, 3.8) is 0 Å². The Kier molecular flexibility index (Phi) is 6.08. The Morgan fingerprint density at radius 2 is 1.89 bits per heavy atom. The van der Waals surface area contributed by atoms with Gasteiger partial charge in [-0.2, -0.15) is 5.10 Å². The summed E-state index contributed by atoms with van der Waals surface area (Å²) < 4.78 is 2.36. The summed E-state index contributed by atoms with van der Waals surface area (Å²) in [5.41, 5.74) is 3.14. The van der Waals surface area contributed by atoms with E-state index in [1.807, 2.05) is 66.9 Å². The summed E-state index contributed by atoms with van der Waals surface area (Å²) in [6.45, 7) is 4.44. The number of nitrogens with zero attached hydrogens (tertiary/aromatic N) is 2. The van der Waals surface area contributed by atoms with Crippen LogP contribution in [0.5, 0.6) is 0 Å². The van der Waals surface area contributed by atoms with Gasteiger partial charge in [0, 0.05) is 23.6 Å². The van der Waals surface area contributed by atoms with Gasteiger partial charge in [0.15, 0.2) is 10.6 Å². The summed E-state index contributed by atoms with van der Waals surface area (Å²) in [5, 5.41) is 10.8. The number of carbonyl (C=O) groups excluding carboxylic acids is 1. The third-order valence-electron chi connectivity index (χ3n) is 4.38. The Bertz CT molecular complexity index is 976. The molecule has 0 fully saturated rings. The van der Waals surface area contributed by atoms with Crippen LogP contribution in [0.15, 0.2) is 48.5 Å². The first-order valence-corrected chi connectivity index (χ1v) is 9.50. The van der Waals surface area contributed by atoms with Gasteiger partial charge in [-0.15, -0.1) is 0 Å². The molecule has 1 aromatic heterocycles. The van der Waals surface area contributed by atoms with Gasteiger partial charge < -0.3 is 5.32 Å². The van der Waals surface area contributed by atoms with Crippen LogP contribution < -0.4 is 5.32 Å². The van der Waals surface area contributed by atoms with Crippen LogP contribution in [0.25, 0.3) is 11.4 Å². The number of benzene rings is 2. The first kappa shape index (κ1) is 19.3. The Balaban J connectivity index is 1.65. The predicted molar refractivity (Wildman–Crippen MR) is 110 cm³/mol. The van der Waals surface area contributed by atoms with Crippen molar-refractivity contribution < 1.29 is 4.79 Å². The molecule has 27 heavy (non-hydrogen) atoms. The van der Waals surface area contributed by atoms with Crippen molar-refractivity contribution in [3.8, 4) is 11.4 Å². The topological polar surface area (TPSA) is 62.7 Å². The molecule has 0 saturated heterocycles. The molecule has 1 amide bonds. The van der Waals surface area contributed by atoms with E-state index in [0.29, 0.717) is 22.8 Å². The molecule has 0 radical (unpaired) electrons. The Morgan fingerprint density at radius 1 is 1.22 bits per heavy atom. The molecule has 2 N–H and O–H groups in total. The molecular formula is C20H21ClN4OS. The van der Waals surface area contributed by atoms with E-state index in [4.69, 9.17) is 23.8 Å². The van der Waals surface area contributed by atoms with Gasteiger partial charge in [0.1, 0.15) is 0 Å². The fraction of sp³-hybridized carbons (Fsp3) is 0.250. The molecule has 0 unspecified atom stereocenters. The number of halogens is 1. The molecule has 0 saturated carbocycles. The minimum Gasteiger partial charge on any atom is -0.350 e. The number of H-pyrrole nitrogens is 1. The quantitative estimate of drug-likeness (QED) is 0.582. The lowest BCUT2D eigenvalue weighted by Crippen LogP contribution is -2.27. The zero-order chi connectivity index (χ0) is 19.4. The highest BCUT2D eigenvalue weighted by Gasteiger charge is 2.13. The number of aryl methyl sites for hydroxylation is 1. The SMILES string of the molecule is Cc1ccc(-c2n[nH]c(=S)n2CCC(=O)N[C@H](C)c2ccc(Cl)cc2)cc1. The average molecular weight is 401 g/mol. The lowest BCUT2D eigenvalue weighted by molar-refractivity contribution is -0.121. The van der Waals surface area contributed by atoms with Gasteiger partial charge in [-0.25, -0.2) is 0 Å². The maximum atomic E-state index is 12.4. The number of carbonyl (C=O) groups is 1. The lowest BCUT2D eigenvalue weighted by atomic mass is 10.1. The van der Waals surface area contributed by atoms with E-state index in [9.17, 15) is 4.79 Å². The van der Waals surface area contributed by atoms with Gasteiger partial charge >= 0.3 is 0 Å². The van der Waals surface area contributed by atoms with Crippen molar-refractivity contribution >= 4 is 29.7 Å². The summed E-state index contributed by atoms with van der Waals surface area (Å²) in [6, 6.07) is 15.4. The van der Waals surface area contributed by atoms with Crippen LogP contribution in [0.2, 0.25) is 5.02 Å². The number of hydrogen-bond donors (Lipinski definition) is 2. The molecule has 3 aromatic rings. The fourth-order valence-electron chi connectivity index (χ4n) is 2.81. The normalized spacial score (nSPS) is 12.0. The van der Waals surface area contributed by atoms with Crippen LogP contribution in [0.3, 0.4) is 0 Å². The number of hydrogen-bond acceptors (Lipinski definition) is 3. The van der Waals surface area contributed by atoms with Crippen LogP contribution in [-0.2, 0) is 11.3 Å². The minimum absolute atomic E-state index is 0.0459. The van der Waals surface area contributed by atoms with E-state index < -0.39 is 0 Å². The van der Waals surface area contributed by atoms with Crippen LogP contribution in [0.1, 0.15) is 30.5 Å². The summed E-state index contributed by atoms with van der Waals surface area (Å²) in [6.07, 6.45) is 0.310. The van der Waals surface area contributed by atoms with Gasteiger partial charge in [0.25, 0.3) is 0 Å². The van der Waals surface area contributed by atoms with Crippen molar-refractivity contribution in [1.82, 2.24) is 20.1 Å². The highest BCUT2D eigenvalue weighted by molar-refractivity contribution is 7.71. The molecule has 3 rings (SSSR count). The van der Waals surface area contributed by atoms with E-state index in [0.717, 1.165) is 17.0 Å². The summed E-state index contributed by atoms with van der Waals surface area (Å²) in [5.74, 6) is 0.689. The van der Waals surface area contributed by atoms with Gasteiger partial charge in [0.05, 0.1) is 6.04 Å². The van der Waals surface area contributed by atoms with Crippen LogP contribution in [0, 0.1) is 11.7 Å². The molecule has 2 aromatic carbocycles. The number of nitrogens with one attached hydrogen (secondary N) is 2. The van der Waals surface area contributed by atoms with Crippen molar-refractivity contribution in [2.45, 2.75) is 32.9 Å². The molecule has 0 bridgehead atoms. The molecular weight excluding hydrogens is 380 g/mol. The Labute approximate surface area is 168 Å². The Morgan fingerprint density at radius 3 is 2.56 bits per heavy atom. The number of aromatic nitrogens is 3. The third-order valence-corrected chi connectivity index (χ3v) is 4.94. The standard InChI is InChI=1S/C20H21ClN4OS/c1-13-3-5-16(6-4-13)19-23-24-20(27)25(19)12-11-18(26)22-14(2)15-7-9-17(21)10-8-15/h3-10,14H,11-12H2,1-2H3,(H,22,26)(H,24,27)/t14-/m1/s1. The van der Waals surface area contributed by atoms with Crippen LogP contribution >= 0.6 is 23.8 Å².